The molecule has 0 fully saturated rings. The summed E-state index contributed by atoms with van der Waals surface area (Å²) in [6.45, 7) is 1.82. The van der Waals surface area contributed by atoms with Gasteiger partial charge in [-0.3, -0.25) is 5.01 Å². The van der Waals surface area contributed by atoms with Gasteiger partial charge in [0.05, 0.1) is 11.6 Å². The molecule has 0 spiro atoms. The topological polar surface area (TPSA) is 39.4 Å². The number of rotatable bonds is 2. The van der Waals surface area contributed by atoms with Crippen molar-refractivity contribution in [3.8, 4) is 6.07 Å². The molecule has 126 valence electrons. The summed E-state index contributed by atoms with van der Waals surface area (Å²) >= 11 is 0. The Kier molecular flexibility index (Phi) is 4.32. The van der Waals surface area contributed by atoms with Gasteiger partial charge in [-0.1, -0.05) is 30.3 Å². The summed E-state index contributed by atoms with van der Waals surface area (Å²) in [7, 11) is 1.68. The molecule has 1 aliphatic rings. The van der Waals surface area contributed by atoms with E-state index in [2.05, 4.69) is 5.10 Å². The van der Waals surface area contributed by atoms with Gasteiger partial charge in [0.25, 0.3) is 0 Å². The van der Waals surface area contributed by atoms with Crippen molar-refractivity contribution in [1.82, 2.24) is 5.01 Å². The average molecular weight is 341 g/mol. The van der Waals surface area contributed by atoms with E-state index in [1.165, 1.54) is 0 Å². The molecule has 0 saturated carbocycles. The lowest BCUT2D eigenvalue weighted by molar-refractivity contribution is 0.320. The Balaban J connectivity index is 2.40. The third-order valence-electron chi connectivity index (χ3n) is 4.19. The lowest BCUT2D eigenvalue weighted by Gasteiger charge is -2.32. The number of likely N-dealkylation sites (N-methyl/N-ethyl adjacent to an activating group) is 1. The summed E-state index contributed by atoms with van der Waals surface area (Å²) in [5, 5.41) is 15.2. The standard InChI is InChI=1S/C19H14F3N3/c1-11-17(12-6-4-3-5-7-12)19(16(10-23)24-25(11)2)18-14(21)8-13(20)9-15(18)22/h3-9,11H,1-2H3. The van der Waals surface area contributed by atoms with Crippen LogP contribution < -0.4 is 0 Å². The average Bonchev–Trinajstić information content (AvgIpc) is 2.57. The van der Waals surface area contributed by atoms with Crippen molar-refractivity contribution < 1.29 is 13.2 Å². The van der Waals surface area contributed by atoms with Crippen LogP contribution in [0.3, 0.4) is 0 Å². The fourth-order valence-corrected chi connectivity index (χ4v) is 2.93. The van der Waals surface area contributed by atoms with Crippen LogP contribution >= 0.6 is 0 Å². The molecule has 2 aromatic rings. The monoisotopic (exact) mass is 341 g/mol. The van der Waals surface area contributed by atoms with Gasteiger partial charge in [0.1, 0.15) is 23.5 Å². The van der Waals surface area contributed by atoms with Crippen molar-refractivity contribution in [2.45, 2.75) is 13.0 Å². The van der Waals surface area contributed by atoms with Crippen LogP contribution in [0.1, 0.15) is 18.1 Å². The van der Waals surface area contributed by atoms with Gasteiger partial charge in [-0.25, -0.2) is 13.2 Å². The van der Waals surface area contributed by atoms with Crippen molar-refractivity contribution in [3.05, 3.63) is 71.0 Å². The first-order valence-corrected chi connectivity index (χ1v) is 7.60. The normalized spacial score (nSPS) is 17.4. The third kappa shape index (κ3) is 2.89. The van der Waals surface area contributed by atoms with E-state index >= 15 is 0 Å². The molecular formula is C19H14F3N3. The Morgan fingerprint density at radius 2 is 1.68 bits per heavy atom. The minimum absolute atomic E-state index is 0.0503. The highest BCUT2D eigenvalue weighted by molar-refractivity contribution is 6.37. The second-order valence-corrected chi connectivity index (χ2v) is 5.71. The van der Waals surface area contributed by atoms with Crippen LogP contribution in [0, 0.1) is 28.8 Å². The molecule has 0 N–H and O–H groups in total. The van der Waals surface area contributed by atoms with Gasteiger partial charge in [-0.2, -0.15) is 10.4 Å². The molecule has 0 radical (unpaired) electrons. The van der Waals surface area contributed by atoms with Crippen LogP contribution in [0.15, 0.2) is 47.6 Å². The van der Waals surface area contributed by atoms with Crippen molar-refractivity contribution in [2.75, 3.05) is 7.05 Å². The number of nitrogens with zero attached hydrogens (tertiary/aromatic N) is 3. The van der Waals surface area contributed by atoms with Crippen molar-refractivity contribution in [2.24, 2.45) is 5.10 Å². The van der Waals surface area contributed by atoms with Gasteiger partial charge in [-0.15, -0.1) is 0 Å². The molecule has 6 heteroatoms. The Bertz CT molecular complexity index is 904. The highest BCUT2D eigenvalue weighted by Crippen LogP contribution is 2.37. The van der Waals surface area contributed by atoms with Crippen LogP contribution in [0.4, 0.5) is 13.2 Å². The maximum atomic E-state index is 14.4. The molecule has 1 heterocycles. The lowest BCUT2D eigenvalue weighted by atomic mass is 9.86. The molecule has 2 aromatic carbocycles. The fraction of sp³-hybridized carbons (Fsp3) is 0.158. The zero-order chi connectivity index (χ0) is 18.1. The summed E-state index contributed by atoms with van der Waals surface area (Å²) in [5.41, 5.74) is 0.750. The van der Waals surface area contributed by atoms with Gasteiger partial charge < -0.3 is 0 Å². The van der Waals surface area contributed by atoms with Crippen LogP contribution in [-0.2, 0) is 0 Å². The van der Waals surface area contributed by atoms with E-state index in [4.69, 9.17) is 0 Å². The molecule has 3 rings (SSSR count). The van der Waals surface area contributed by atoms with E-state index in [1.54, 1.807) is 36.3 Å². The fourth-order valence-electron chi connectivity index (χ4n) is 2.93. The van der Waals surface area contributed by atoms with E-state index < -0.39 is 23.0 Å². The molecule has 0 saturated heterocycles. The van der Waals surface area contributed by atoms with Crippen molar-refractivity contribution in [3.63, 3.8) is 0 Å². The Morgan fingerprint density at radius 1 is 1.08 bits per heavy atom. The van der Waals surface area contributed by atoms with Gasteiger partial charge in [-0.05, 0) is 18.1 Å². The summed E-state index contributed by atoms with van der Waals surface area (Å²) < 4.78 is 42.2. The van der Waals surface area contributed by atoms with Crippen LogP contribution in [0.2, 0.25) is 0 Å². The summed E-state index contributed by atoms with van der Waals surface area (Å²) in [5.74, 6) is -3.15. The van der Waals surface area contributed by atoms with E-state index in [-0.39, 0.29) is 17.3 Å². The van der Waals surface area contributed by atoms with Gasteiger partial charge in [0.2, 0.25) is 0 Å². The summed E-state index contributed by atoms with van der Waals surface area (Å²) in [4.78, 5) is 0. The van der Waals surface area contributed by atoms with Crippen LogP contribution in [-0.4, -0.2) is 23.8 Å². The number of nitriles is 1. The maximum Gasteiger partial charge on any atom is 0.168 e. The second-order valence-electron chi connectivity index (χ2n) is 5.71. The van der Waals surface area contributed by atoms with Crippen LogP contribution in [0.25, 0.3) is 11.1 Å². The lowest BCUT2D eigenvalue weighted by Crippen LogP contribution is -2.32. The molecule has 1 unspecified atom stereocenters. The van der Waals surface area contributed by atoms with E-state index in [9.17, 15) is 18.4 Å². The van der Waals surface area contributed by atoms with Gasteiger partial charge in [0.15, 0.2) is 5.71 Å². The predicted octanol–water partition coefficient (Wildman–Crippen LogP) is 4.23. The third-order valence-corrected chi connectivity index (χ3v) is 4.19. The molecule has 0 aliphatic carbocycles. The first-order valence-electron chi connectivity index (χ1n) is 7.60. The highest BCUT2D eigenvalue weighted by Gasteiger charge is 2.32. The van der Waals surface area contributed by atoms with Crippen molar-refractivity contribution >= 4 is 16.9 Å². The molecule has 0 amide bonds. The zero-order valence-electron chi connectivity index (χ0n) is 13.6. The zero-order valence-corrected chi connectivity index (χ0v) is 13.6. The summed E-state index contributed by atoms with van der Waals surface area (Å²) in [6, 6.07) is 11.8. The van der Waals surface area contributed by atoms with Crippen molar-refractivity contribution in [1.29, 1.82) is 5.26 Å². The molecule has 3 nitrogen and oxygen atoms in total. The van der Waals surface area contributed by atoms with E-state index in [0.29, 0.717) is 23.3 Å². The number of hydrogen-bond acceptors (Lipinski definition) is 3. The number of benzene rings is 2. The van der Waals surface area contributed by atoms with Gasteiger partial charge in [0, 0.05) is 24.8 Å². The minimum atomic E-state index is -1.07. The Hall–Kier alpha value is -3.07. The number of hydrogen-bond donors (Lipinski definition) is 0. The molecule has 0 aromatic heterocycles. The van der Waals surface area contributed by atoms with Gasteiger partial charge >= 0.3 is 0 Å². The Labute approximate surface area is 143 Å². The quantitative estimate of drug-likeness (QED) is 0.820. The SMILES string of the molecule is CC1C(c2ccccc2)=C(c2c(F)cc(F)cc2F)C(C#N)=NN1C. The van der Waals surface area contributed by atoms with Crippen LogP contribution in [0.5, 0.6) is 0 Å². The maximum absolute atomic E-state index is 14.4. The minimum Gasteiger partial charge on any atom is -0.292 e. The number of halogens is 3. The second kappa shape index (κ2) is 6.44. The molecule has 1 atom stereocenters. The number of allylic oxidation sites excluding steroid dienone is 1. The molecular weight excluding hydrogens is 327 g/mol. The van der Waals surface area contributed by atoms with E-state index in [0.717, 1.165) is 0 Å². The first kappa shape index (κ1) is 16.8. The first-order chi connectivity index (χ1) is 11.9. The molecule has 25 heavy (non-hydrogen) atoms. The molecule has 0 bridgehead atoms. The highest BCUT2D eigenvalue weighted by atomic mass is 19.1. The Morgan fingerprint density at radius 3 is 2.24 bits per heavy atom. The summed E-state index contributed by atoms with van der Waals surface area (Å²) in [6.07, 6.45) is 0. The number of hydrazone groups is 1. The largest absolute Gasteiger partial charge is 0.292 e. The smallest absolute Gasteiger partial charge is 0.168 e. The van der Waals surface area contributed by atoms with E-state index in [1.807, 2.05) is 19.1 Å². The predicted molar refractivity (Wildman–Crippen MR) is 89.8 cm³/mol. The molecule has 1 aliphatic heterocycles.